The van der Waals surface area contributed by atoms with Gasteiger partial charge in [-0.3, -0.25) is 0 Å². The van der Waals surface area contributed by atoms with Crippen molar-refractivity contribution in [3.8, 4) is 0 Å². The van der Waals surface area contributed by atoms with Crippen LogP contribution in [-0.2, 0) is 11.6 Å². The van der Waals surface area contributed by atoms with Gasteiger partial charge in [-0.2, -0.15) is 13.2 Å². The molecule has 0 saturated heterocycles. The van der Waals surface area contributed by atoms with Crippen LogP contribution < -0.4 is 0 Å². The Labute approximate surface area is 94.5 Å². The molecule has 0 saturated carbocycles. The molecule has 3 heteroatoms. The van der Waals surface area contributed by atoms with E-state index in [0.29, 0.717) is 5.56 Å². The monoisotopic (exact) mass is 230 g/mol. The second-order valence-corrected chi connectivity index (χ2v) is 4.76. The highest BCUT2D eigenvalue weighted by atomic mass is 19.4. The lowest BCUT2D eigenvalue weighted by Gasteiger charge is -2.26. The first-order valence-electron chi connectivity index (χ1n) is 5.37. The van der Waals surface area contributed by atoms with Gasteiger partial charge in [0.25, 0.3) is 0 Å². The zero-order valence-corrected chi connectivity index (χ0v) is 10.1. The Balaban J connectivity index is 3.20. The van der Waals surface area contributed by atoms with Crippen LogP contribution in [0.1, 0.15) is 43.9 Å². The molecule has 0 amide bonds. The van der Waals surface area contributed by atoms with Crippen LogP contribution in [0.2, 0.25) is 0 Å². The Morgan fingerprint density at radius 1 is 1.12 bits per heavy atom. The summed E-state index contributed by atoms with van der Waals surface area (Å²) in [5.41, 5.74) is 1.05. The Kier molecular flexibility index (Phi) is 3.36. The zero-order chi connectivity index (χ0) is 12.6. The molecule has 1 aromatic rings. The second kappa shape index (κ2) is 4.11. The molecule has 0 aliphatic heterocycles. The van der Waals surface area contributed by atoms with Crippen LogP contribution in [0.25, 0.3) is 0 Å². The van der Waals surface area contributed by atoms with Gasteiger partial charge in [-0.15, -0.1) is 0 Å². The Morgan fingerprint density at radius 2 is 1.69 bits per heavy atom. The molecule has 0 heterocycles. The summed E-state index contributed by atoms with van der Waals surface area (Å²) < 4.78 is 37.4. The SMILES string of the molecule is CCC(C)(C)c1ccc(C(F)(F)F)cc1C. The molecule has 0 radical (unpaired) electrons. The molecule has 0 aliphatic rings. The Bertz CT molecular complexity index is 375. The van der Waals surface area contributed by atoms with Crippen LogP contribution in [0.15, 0.2) is 18.2 Å². The molecule has 0 fully saturated rings. The molecule has 0 spiro atoms. The third-order valence-electron chi connectivity index (χ3n) is 3.17. The predicted octanol–water partition coefficient (Wildman–Crippen LogP) is 4.70. The molecule has 0 nitrogen and oxygen atoms in total. The van der Waals surface area contributed by atoms with E-state index >= 15 is 0 Å². The third kappa shape index (κ3) is 2.57. The number of hydrogen-bond acceptors (Lipinski definition) is 0. The summed E-state index contributed by atoms with van der Waals surface area (Å²) in [5, 5.41) is 0. The fourth-order valence-electron chi connectivity index (χ4n) is 1.79. The lowest BCUT2D eigenvalue weighted by Crippen LogP contribution is -2.18. The largest absolute Gasteiger partial charge is 0.416 e. The Morgan fingerprint density at radius 3 is 2.06 bits per heavy atom. The van der Waals surface area contributed by atoms with E-state index in [0.717, 1.165) is 12.0 Å². The molecule has 90 valence electrons. The van der Waals surface area contributed by atoms with Crippen molar-refractivity contribution in [2.45, 2.75) is 45.7 Å². The average molecular weight is 230 g/mol. The summed E-state index contributed by atoms with van der Waals surface area (Å²) in [6.45, 7) is 7.87. The van der Waals surface area contributed by atoms with Crippen molar-refractivity contribution in [3.63, 3.8) is 0 Å². The van der Waals surface area contributed by atoms with E-state index in [4.69, 9.17) is 0 Å². The summed E-state index contributed by atoms with van der Waals surface area (Å²) in [6.07, 6.45) is -3.35. The van der Waals surface area contributed by atoms with E-state index in [1.165, 1.54) is 12.1 Å². The lowest BCUT2D eigenvalue weighted by molar-refractivity contribution is -0.137. The van der Waals surface area contributed by atoms with Crippen molar-refractivity contribution in [1.82, 2.24) is 0 Å². The van der Waals surface area contributed by atoms with E-state index < -0.39 is 11.7 Å². The molecule has 1 rings (SSSR count). The molecular formula is C13H17F3. The van der Waals surface area contributed by atoms with Gasteiger partial charge in [-0.25, -0.2) is 0 Å². The molecule has 0 atom stereocenters. The van der Waals surface area contributed by atoms with Gasteiger partial charge in [-0.05, 0) is 42.0 Å². The fourth-order valence-corrected chi connectivity index (χ4v) is 1.79. The maximum absolute atomic E-state index is 12.5. The number of benzene rings is 1. The van der Waals surface area contributed by atoms with Crippen LogP contribution >= 0.6 is 0 Å². The molecule has 0 aliphatic carbocycles. The highest BCUT2D eigenvalue weighted by Crippen LogP contribution is 2.34. The summed E-state index contributed by atoms with van der Waals surface area (Å²) in [7, 11) is 0. The average Bonchev–Trinajstić information content (AvgIpc) is 2.16. The number of aryl methyl sites for hydroxylation is 1. The first kappa shape index (κ1) is 13.1. The van der Waals surface area contributed by atoms with E-state index in [-0.39, 0.29) is 5.41 Å². The minimum absolute atomic E-state index is 0.0752. The molecule has 0 N–H and O–H groups in total. The zero-order valence-electron chi connectivity index (χ0n) is 10.1. The van der Waals surface area contributed by atoms with Crippen molar-refractivity contribution in [2.24, 2.45) is 0 Å². The van der Waals surface area contributed by atoms with Crippen molar-refractivity contribution < 1.29 is 13.2 Å². The van der Waals surface area contributed by atoms with E-state index in [2.05, 4.69) is 0 Å². The van der Waals surface area contributed by atoms with Crippen molar-refractivity contribution in [3.05, 3.63) is 34.9 Å². The van der Waals surface area contributed by atoms with Crippen LogP contribution in [0.4, 0.5) is 13.2 Å². The van der Waals surface area contributed by atoms with Crippen LogP contribution in [-0.4, -0.2) is 0 Å². The molecular weight excluding hydrogens is 213 g/mol. The normalized spacial score (nSPS) is 12.9. The lowest BCUT2D eigenvalue weighted by atomic mass is 9.79. The smallest absolute Gasteiger partial charge is 0.166 e. The van der Waals surface area contributed by atoms with Gasteiger partial charge in [0, 0.05) is 0 Å². The van der Waals surface area contributed by atoms with Crippen molar-refractivity contribution in [2.75, 3.05) is 0 Å². The summed E-state index contributed by atoms with van der Waals surface area (Å²) in [5.74, 6) is 0. The van der Waals surface area contributed by atoms with E-state index in [1.54, 1.807) is 13.0 Å². The van der Waals surface area contributed by atoms with Gasteiger partial charge in [0.05, 0.1) is 5.56 Å². The number of rotatable bonds is 2. The first-order chi connectivity index (χ1) is 7.18. The van der Waals surface area contributed by atoms with Crippen molar-refractivity contribution in [1.29, 1.82) is 0 Å². The van der Waals surface area contributed by atoms with E-state index in [1.807, 2.05) is 20.8 Å². The molecule has 16 heavy (non-hydrogen) atoms. The van der Waals surface area contributed by atoms with Gasteiger partial charge in [-0.1, -0.05) is 26.8 Å². The minimum Gasteiger partial charge on any atom is -0.166 e. The highest BCUT2D eigenvalue weighted by Gasteiger charge is 2.31. The topological polar surface area (TPSA) is 0 Å². The number of hydrogen-bond donors (Lipinski definition) is 0. The van der Waals surface area contributed by atoms with Gasteiger partial charge in [0.2, 0.25) is 0 Å². The number of alkyl halides is 3. The summed E-state index contributed by atoms with van der Waals surface area (Å²) in [4.78, 5) is 0. The maximum Gasteiger partial charge on any atom is 0.416 e. The maximum atomic E-state index is 12.5. The van der Waals surface area contributed by atoms with Gasteiger partial charge in [0.1, 0.15) is 0 Å². The van der Waals surface area contributed by atoms with E-state index in [9.17, 15) is 13.2 Å². The summed E-state index contributed by atoms with van der Waals surface area (Å²) in [6, 6.07) is 3.99. The fraction of sp³-hybridized carbons (Fsp3) is 0.538. The minimum atomic E-state index is -4.25. The standard InChI is InChI=1S/C13H17F3/c1-5-12(3,4)11-7-6-10(8-9(11)2)13(14,15)16/h6-8H,5H2,1-4H3. The molecule has 1 aromatic carbocycles. The van der Waals surface area contributed by atoms with Crippen LogP contribution in [0.5, 0.6) is 0 Å². The molecule has 0 aromatic heterocycles. The Hall–Kier alpha value is -0.990. The second-order valence-electron chi connectivity index (χ2n) is 4.76. The summed E-state index contributed by atoms with van der Waals surface area (Å²) >= 11 is 0. The van der Waals surface area contributed by atoms with Gasteiger partial charge < -0.3 is 0 Å². The predicted molar refractivity (Wildman–Crippen MR) is 59.5 cm³/mol. The van der Waals surface area contributed by atoms with Gasteiger partial charge >= 0.3 is 6.18 Å². The number of halogens is 3. The molecule has 0 unspecified atom stereocenters. The van der Waals surface area contributed by atoms with Gasteiger partial charge in [0.15, 0.2) is 0 Å². The van der Waals surface area contributed by atoms with Crippen LogP contribution in [0.3, 0.4) is 0 Å². The first-order valence-corrected chi connectivity index (χ1v) is 5.37. The third-order valence-corrected chi connectivity index (χ3v) is 3.17. The quantitative estimate of drug-likeness (QED) is 0.690. The van der Waals surface area contributed by atoms with Crippen LogP contribution in [0, 0.1) is 6.92 Å². The van der Waals surface area contributed by atoms with Crippen molar-refractivity contribution >= 4 is 0 Å². The highest BCUT2D eigenvalue weighted by molar-refractivity contribution is 5.36. The molecule has 0 bridgehead atoms.